The Morgan fingerprint density at radius 3 is 2.79 bits per heavy atom. The molecular formula is C17H26ClF3IN5O. The number of aliphatic hydroxyl groups is 1. The first-order valence-electron chi connectivity index (χ1n) is 8.88. The highest BCUT2D eigenvalue weighted by molar-refractivity contribution is 14.0. The number of alkyl halides is 3. The number of rotatable bonds is 6. The number of aromatic nitrogens is 1. The molecule has 0 aliphatic carbocycles. The number of nitrogens with one attached hydrogen (secondary N) is 2. The van der Waals surface area contributed by atoms with Crippen LogP contribution in [0.5, 0.6) is 0 Å². The molecule has 1 aliphatic heterocycles. The van der Waals surface area contributed by atoms with Crippen LogP contribution in [0.3, 0.4) is 0 Å². The van der Waals surface area contributed by atoms with Crippen molar-refractivity contribution in [1.29, 1.82) is 0 Å². The standard InChI is InChI=1S/C17H25ClF3N5O.HI/c1-3-22-16(24-7-11(2)10-27)25-13-4-5-26(9-13)15-14(18)6-12(8-23-15)17(19,20)21;/h6,8,11,13,27H,3-5,7,9-10H2,1-2H3,(H2,22,24,25);1H. The van der Waals surface area contributed by atoms with Gasteiger partial charge in [0.2, 0.25) is 0 Å². The minimum atomic E-state index is -4.47. The number of hydrogen-bond acceptors (Lipinski definition) is 4. The zero-order valence-electron chi connectivity index (χ0n) is 15.8. The van der Waals surface area contributed by atoms with E-state index in [1.807, 2.05) is 18.7 Å². The van der Waals surface area contributed by atoms with Crippen LogP contribution in [0.2, 0.25) is 5.02 Å². The fourth-order valence-electron chi connectivity index (χ4n) is 2.71. The summed E-state index contributed by atoms with van der Waals surface area (Å²) in [6, 6.07) is 0.972. The summed E-state index contributed by atoms with van der Waals surface area (Å²) >= 11 is 6.03. The normalized spacial score (nSPS) is 18.6. The molecule has 1 saturated heterocycles. The van der Waals surface area contributed by atoms with Gasteiger partial charge in [0.15, 0.2) is 5.96 Å². The number of anilines is 1. The molecule has 2 rings (SSSR count). The fourth-order valence-corrected chi connectivity index (χ4v) is 2.99. The number of pyridine rings is 1. The lowest BCUT2D eigenvalue weighted by Gasteiger charge is -2.21. The maximum Gasteiger partial charge on any atom is 0.417 e. The van der Waals surface area contributed by atoms with E-state index in [1.54, 1.807) is 0 Å². The van der Waals surface area contributed by atoms with Crippen LogP contribution in [0.4, 0.5) is 19.0 Å². The van der Waals surface area contributed by atoms with Crippen molar-refractivity contribution < 1.29 is 18.3 Å². The van der Waals surface area contributed by atoms with Gasteiger partial charge >= 0.3 is 6.18 Å². The third kappa shape index (κ3) is 7.11. The van der Waals surface area contributed by atoms with Gasteiger partial charge in [-0.1, -0.05) is 18.5 Å². The Morgan fingerprint density at radius 1 is 1.50 bits per heavy atom. The van der Waals surface area contributed by atoms with Crippen molar-refractivity contribution in [1.82, 2.24) is 15.6 Å². The van der Waals surface area contributed by atoms with E-state index in [4.69, 9.17) is 16.7 Å². The smallest absolute Gasteiger partial charge is 0.396 e. The van der Waals surface area contributed by atoms with Crippen LogP contribution in [-0.4, -0.2) is 54.9 Å². The van der Waals surface area contributed by atoms with Crippen LogP contribution in [0.1, 0.15) is 25.8 Å². The molecule has 2 atom stereocenters. The molecule has 0 spiro atoms. The van der Waals surface area contributed by atoms with Crippen LogP contribution in [0, 0.1) is 5.92 Å². The van der Waals surface area contributed by atoms with E-state index in [9.17, 15) is 13.2 Å². The lowest BCUT2D eigenvalue weighted by Crippen LogP contribution is -2.45. The van der Waals surface area contributed by atoms with Gasteiger partial charge in [0, 0.05) is 45.0 Å². The lowest BCUT2D eigenvalue weighted by molar-refractivity contribution is -0.137. The van der Waals surface area contributed by atoms with Gasteiger partial charge in [-0.15, -0.1) is 24.0 Å². The maximum atomic E-state index is 12.8. The molecular weight excluding hydrogens is 510 g/mol. The predicted molar refractivity (Wildman–Crippen MR) is 116 cm³/mol. The number of halogens is 5. The summed E-state index contributed by atoms with van der Waals surface area (Å²) in [5.74, 6) is 1.07. The molecule has 6 nitrogen and oxygen atoms in total. The lowest BCUT2D eigenvalue weighted by atomic mass is 10.2. The Balaban J connectivity index is 0.00000392. The van der Waals surface area contributed by atoms with Gasteiger partial charge in [-0.05, 0) is 25.3 Å². The zero-order chi connectivity index (χ0) is 20.0. The van der Waals surface area contributed by atoms with E-state index in [0.717, 1.165) is 18.7 Å². The van der Waals surface area contributed by atoms with Crippen LogP contribution < -0.4 is 15.5 Å². The van der Waals surface area contributed by atoms with Crippen LogP contribution >= 0.6 is 35.6 Å². The molecule has 0 saturated carbocycles. The molecule has 11 heteroatoms. The van der Waals surface area contributed by atoms with Crippen molar-refractivity contribution in [2.45, 2.75) is 32.5 Å². The van der Waals surface area contributed by atoms with Gasteiger partial charge in [-0.25, -0.2) is 4.98 Å². The van der Waals surface area contributed by atoms with Gasteiger partial charge < -0.3 is 20.6 Å². The van der Waals surface area contributed by atoms with E-state index in [-0.39, 0.29) is 47.6 Å². The van der Waals surface area contributed by atoms with E-state index in [0.29, 0.717) is 38.0 Å². The third-order valence-electron chi connectivity index (χ3n) is 4.19. The summed E-state index contributed by atoms with van der Waals surface area (Å²) in [7, 11) is 0. The molecule has 0 aromatic carbocycles. The first-order valence-corrected chi connectivity index (χ1v) is 9.25. The second-order valence-corrected chi connectivity index (χ2v) is 7.02. The predicted octanol–water partition coefficient (Wildman–Crippen LogP) is 3.13. The van der Waals surface area contributed by atoms with Gasteiger partial charge in [-0.2, -0.15) is 13.2 Å². The van der Waals surface area contributed by atoms with Crippen LogP contribution in [-0.2, 0) is 6.18 Å². The highest BCUT2D eigenvalue weighted by atomic mass is 127. The van der Waals surface area contributed by atoms with Crippen molar-refractivity contribution in [2.75, 3.05) is 37.7 Å². The Hall–Kier alpha value is -1.01. The summed E-state index contributed by atoms with van der Waals surface area (Å²) < 4.78 is 38.3. The first-order chi connectivity index (χ1) is 12.7. The molecule has 0 amide bonds. The topological polar surface area (TPSA) is 72.8 Å². The Kier molecular flexibility index (Phi) is 10.1. The third-order valence-corrected chi connectivity index (χ3v) is 4.47. The molecule has 160 valence electrons. The summed E-state index contributed by atoms with van der Waals surface area (Å²) in [5.41, 5.74) is -0.857. The van der Waals surface area contributed by atoms with E-state index in [2.05, 4.69) is 20.6 Å². The minimum absolute atomic E-state index is 0. The number of aliphatic imine (C=N–C) groups is 1. The molecule has 0 bridgehead atoms. The number of nitrogens with zero attached hydrogens (tertiary/aromatic N) is 3. The molecule has 0 radical (unpaired) electrons. The summed E-state index contributed by atoms with van der Waals surface area (Å²) in [6.07, 6.45) is -2.88. The molecule has 1 aromatic heterocycles. The highest BCUT2D eigenvalue weighted by Gasteiger charge is 2.33. The largest absolute Gasteiger partial charge is 0.417 e. The fraction of sp³-hybridized carbons (Fsp3) is 0.647. The SMILES string of the molecule is CCNC(=NCC(C)CO)NC1CCN(c2ncc(C(F)(F)F)cc2Cl)C1.I. The monoisotopic (exact) mass is 535 g/mol. The molecule has 2 unspecified atom stereocenters. The van der Waals surface area contributed by atoms with Gasteiger partial charge in [0.05, 0.1) is 10.6 Å². The maximum absolute atomic E-state index is 12.8. The average Bonchev–Trinajstić information content (AvgIpc) is 3.06. The van der Waals surface area contributed by atoms with Crippen LogP contribution in [0.25, 0.3) is 0 Å². The van der Waals surface area contributed by atoms with Gasteiger partial charge in [-0.3, -0.25) is 4.99 Å². The number of aliphatic hydroxyl groups excluding tert-OH is 1. The van der Waals surface area contributed by atoms with Gasteiger partial charge in [0.25, 0.3) is 0 Å². The van der Waals surface area contributed by atoms with Crippen molar-refractivity contribution in [3.8, 4) is 0 Å². The van der Waals surface area contributed by atoms with Gasteiger partial charge in [0.1, 0.15) is 5.82 Å². The molecule has 3 N–H and O–H groups in total. The molecule has 28 heavy (non-hydrogen) atoms. The van der Waals surface area contributed by atoms with Crippen molar-refractivity contribution in [2.24, 2.45) is 10.9 Å². The first kappa shape index (κ1) is 25.0. The van der Waals surface area contributed by atoms with E-state index < -0.39 is 11.7 Å². The van der Waals surface area contributed by atoms with Crippen LogP contribution in [0.15, 0.2) is 17.3 Å². The molecule has 1 fully saturated rings. The second-order valence-electron chi connectivity index (χ2n) is 6.61. The Morgan fingerprint density at radius 2 is 2.21 bits per heavy atom. The molecule has 2 heterocycles. The van der Waals surface area contributed by atoms with Crippen molar-refractivity contribution >= 4 is 47.4 Å². The highest BCUT2D eigenvalue weighted by Crippen LogP contribution is 2.34. The zero-order valence-corrected chi connectivity index (χ0v) is 18.8. The second kappa shape index (κ2) is 11.2. The number of guanidine groups is 1. The minimum Gasteiger partial charge on any atom is -0.396 e. The number of hydrogen-bond donors (Lipinski definition) is 3. The molecule has 1 aromatic rings. The quantitative estimate of drug-likeness (QED) is 0.297. The summed E-state index contributed by atoms with van der Waals surface area (Å²) in [4.78, 5) is 10.2. The van der Waals surface area contributed by atoms with Crippen molar-refractivity contribution in [3.05, 3.63) is 22.8 Å². The Labute approximate surface area is 185 Å². The summed E-state index contributed by atoms with van der Waals surface area (Å²) in [6.45, 7) is 6.30. The average molecular weight is 536 g/mol. The summed E-state index contributed by atoms with van der Waals surface area (Å²) in [5, 5.41) is 15.6. The van der Waals surface area contributed by atoms with E-state index in [1.165, 1.54) is 0 Å². The molecule has 1 aliphatic rings. The van der Waals surface area contributed by atoms with E-state index >= 15 is 0 Å². The van der Waals surface area contributed by atoms with Crippen molar-refractivity contribution in [3.63, 3.8) is 0 Å². The Bertz CT molecular complexity index is 662.